The van der Waals surface area contributed by atoms with E-state index in [2.05, 4.69) is 15.6 Å². The second-order valence-electron chi connectivity index (χ2n) is 6.39. The smallest absolute Gasteiger partial charge is 0.361 e. The number of hydrogen-bond donors (Lipinski definition) is 2. The Morgan fingerprint density at radius 1 is 1.13 bits per heavy atom. The van der Waals surface area contributed by atoms with Gasteiger partial charge < -0.3 is 10.1 Å². The lowest BCUT2D eigenvalue weighted by Gasteiger charge is -2.12. The standard InChI is InChI=1S/C19H19N5O5S/c1-13(18(25)21-15-7-9-16(10-8-15)30(20,27)28)29-19(26)17-12-24(23-22-17)11-14-5-3-2-4-6-14/h2-10,12-13H,11H2,1H3,(H,21,25)(H2,20,27,28). The number of carbonyl (C=O) groups is 2. The van der Waals surface area contributed by atoms with Gasteiger partial charge in [-0.15, -0.1) is 5.10 Å². The molecular weight excluding hydrogens is 410 g/mol. The zero-order chi connectivity index (χ0) is 21.7. The van der Waals surface area contributed by atoms with Crippen LogP contribution in [0, 0.1) is 0 Å². The molecule has 1 aromatic heterocycles. The van der Waals surface area contributed by atoms with Crippen LogP contribution in [0.4, 0.5) is 5.69 Å². The molecule has 30 heavy (non-hydrogen) atoms. The Morgan fingerprint density at radius 2 is 1.80 bits per heavy atom. The lowest BCUT2D eigenvalue weighted by molar-refractivity contribution is -0.123. The van der Waals surface area contributed by atoms with Crippen molar-refractivity contribution in [3.63, 3.8) is 0 Å². The summed E-state index contributed by atoms with van der Waals surface area (Å²) in [7, 11) is -3.83. The quantitative estimate of drug-likeness (QED) is 0.536. The van der Waals surface area contributed by atoms with Gasteiger partial charge in [-0.25, -0.2) is 23.0 Å². The summed E-state index contributed by atoms with van der Waals surface area (Å²) in [5, 5.41) is 15.2. The number of rotatable bonds is 7. The van der Waals surface area contributed by atoms with Crippen molar-refractivity contribution in [2.45, 2.75) is 24.5 Å². The summed E-state index contributed by atoms with van der Waals surface area (Å²) < 4.78 is 29.1. The first-order chi connectivity index (χ1) is 14.2. The fraction of sp³-hybridized carbons (Fsp3) is 0.158. The summed E-state index contributed by atoms with van der Waals surface area (Å²) in [4.78, 5) is 24.4. The summed E-state index contributed by atoms with van der Waals surface area (Å²) in [5.74, 6) is -1.38. The summed E-state index contributed by atoms with van der Waals surface area (Å²) >= 11 is 0. The maximum absolute atomic E-state index is 12.2. The molecular formula is C19H19N5O5S. The highest BCUT2D eigenvalue weighted by Gasteiger charge is 2.21. The number of nitrogens with zero attached hydrogens (tertiary/aromatic N) is 3. The Hall–Kier alpha value is -3.57. The van der Waals surface area contributed by atoms with Crippen LogP contribution in [0.25, 0.3) is 0 Å². The van der Waals surface area contributed by atoms with Gasteiger partial charge in [-0.05, 0) is 36.8 Å². The average Bonchev–Trinajstić information content (AvgIpc) is 3.17. The Labute approximate surface area is 172 Å². The minimum Gasteiger partial charge on any atom is -0.448 e. The van der Waals surface area contributed by atoms with E-state index < -0.39 is 28.0 Å². The van der Waals surface area contributed by atoms with Crippen molar-refractivity contribution in [2.24, 2.45) is 5.14 Å². The molecule has 0 aliphatic rings. The monoisotopic (exact) mass is 429 g/mol. The molecule has 0 saturated heterocycles. The summed E-state index contributed by atoms with van der Waals surface area (Å²) in [6.07, 6.45) is 0.320. The molecule has 0 fully saturated rings. The summed E-state index contributed by atoms with van der Waals surface area (Å²) in [6.45, 7) is 1.84. The van der Waals surface area contributed by atoms with E-state index in [1.165, 1.54) is 42.1 Å². The number of anilines is 1. The second kappa shape index (κ2) is 8.84. The molecule has 2 aromatic carbocycles. The molecule has 3 rings (SSSR count). The maximum Gasteiger partial charge on any atom is 0.361 e. The lowest BCUT2D eigenvalue weighted by atomic mass is 10.2. The van der Waals surface area contributed by atoms with Crippen LogP contribution in [0.15, 0.2) is 65.7 Å². The molecule has 156 valence electrons. The van der Waals surface area contributed by atoms with E-state index in [0.717, 1.165) is 5.56 Å². The van der Waals surface area contributed by atoms with Gasteiger partial charge in [0, 0.05) is 5.69 Å². The first kappa shape index (κ1) is 21.1. The van der Waals surface area contributed by atoms with Gasteiger partial charge in [0.2, 0.25) is 10.0 Å². The van der Waals surface area contributed by atoms with Gasteiger partial charge in [0.1, 0.15) is 0 Å². The third-order valence-corrected chi connectivity index (χ3v) is 4.97. The van der Waals surface area contributed by atoms with E-state index in [1.54, 1.807) is 0 Å². The van der Waals surface area contributed by atoms with Crippen LogP contribution in [0.1, 0.15) is 23.0 Å². The van der Waals surface area contributed by atoms with Crippen molar-refractivity contribution in [2.75, 3.05) is 5.32 Å². The first-order valence-corrected chi connectivity index (χ1v) is 10.4. The SMILES string of the molecule is CC(OC(=O)c1cn(Cc2ccccc2)nn1)C(=O)Nc1ccc(S(N)(=O)=O)cc1. The molecule has 11 heteroatoms. The maximum atomic E-state index is 12.2. The second-order valence-corrected chi connectivity index (χ2v) is 7.95. The number of ether oxygens (including phenoxy) is 1. The van der Waals surface area contributed by atoms with Gasteiger partial charge in [0.05, 0.1) is 17.6 Å². The van der Waals surface area contributed by atoms with Crippen LogP contribution >= 0.6 is 0 Å². The van der Waals surface area contributed by atoms with Crippen molar-refractivity contribution in [3.8, 4) is 0 Å². The molecule has 0 radical (unpaired) electrons. The van der Waals surface area contributed by atoms with Crippen molar-refractivity contribution < 1.29 is 22.7 Å². The number of esters is 1. The highest BCUT2D eigenvalue weighted by atomic mass is 32.2. The Kier molecular flexibility index (Phi) is 6.23. The molecule has 3 N–H and O–H groups in total. The predicted molar refractivity (Wildman–Crippen MR) is 107 cm³/mol. The summed E-state index contributed by atoms with van der Waals surface area (Å²) in [6, 6.07) is 14.8. The van der Waals surface area contributed by atoms with Gasteiger partial charge in [0.25, 0.3) is 5.91 Å². The summed E-state index contributed by atoms with van der Waals surface area (Å²) in [5.41, 5.74) is 1.29. The molecule has 1 amide bonds. The zero-order valence-corrected chi connectivity index (χ0v) is 16.7. The molecule has 10 nitrogen and oxygen atoms in total. The molecule has 0 bridgehead atoms. The number of nitrogens with two attached hydrogens (primary N) is 1. The van der Waals surface area contributed by atoms with Crippen LogP contribution in [0.3, 0.4) is 0 Å². The minimum atomic E-state index is -3.83. The van der Waals surface area contributed by atoms with Crippen molar-refractivity contribution in [1.82, 2.24) is 15.0 Å². The Morgan fingerprint density at radius 3 is 2.43 bits per heavy atom. The van der Waals surface area contributed by atoms with Gasteiger partial charge in [-0.3, -0.25) is 4.79 Å². The van der Waals surface area contributed by atoms with Crippen LogP contribution < -0.4 is 10.5 Å². The normalized spacial score (nSPS) is 12.2. The topological polar surface area (TPSA) is 146 Å². The van der Waals surface area contributed by atoms with Crippen molar-refractivity contribution in [1.29, 1.82) is 0 Å². The van der Waals surface area contributed by atoms with E-state index in [0.29, 0.717) is 12.2 Å². The largest absolute Gasteiger partial charge is 0.448 e. The number of nitrogens with one attached hydrogen (secondary N) is 1. The predicted octanol–water partition coefficient (Wildman–Crippen LogP) is 1.16. The number of primary sulfonamides is 1. The van der Waals surface area contributed by atoms with Crippen molar-refractivity contribution in [3.05, 3.63) is 72.1 Å². The van der Waals surface area contributed by atoms with E-state index in [9.17, 15) is 18.0 Å². The highest BCUT2D eigenvalue weighted by molar-refractivity contribution is 7.89. The molecule has 0 aliphatic carbocycles. The first-order valence-electron chi connectivity index (χ1n) is 8.81. The third kappa shape index (κ3) is 5.49. The van der Waals surface area contributed by atoms with Gasteiger partial charge in [0.15, 0.2) is 11.8 Å². The highest BCUT2D eigenvalue weighted by Crippen LogP contribution is 2.13. The lowest BCUT2D eigenvalue weighted by Crippen LogP contribution is -2.30. The zero-order valence-electron chi connectivity index (χ0n) is 15.9. The molecule has 0 spiro atoms. The molecule has 1 unspecified atom stereocenters. The molecule has 0 saturated carbocycles. The molecule has 3 aromatic rings. The van der Waals surface area contributed by atoms with E-state index in [4.69, 9.17) is 9.88 Å². The van der Waals surface area contributed by atoms with Crippen molar-refractivity contribution >= 4 is 27.6 Å². The van der Waals surface area contributed by atoms with Crippen LogP contribution in [-0.2, 0) is 26.1 Å². The average molecular weight is 429 g/mol. The minimum absolute atomic E-state index is 0.0249. The number of sulfonamides is 1. The van der Waals surface area contributed by atoms with Crippen LogP contribution in [0.2, 0.25) is 0 Å². The number of aromatic nitrogens is 3. The van der Waals surface area contributed by atoms with Crippen LogP contribution in [0.5, 0.6) is 0 Å². The number of amides is 1. The molecule has 0 aliphatic heterocycles. The van der Waals surface area contributed by atoms with E-state index >= 15 is 0 Å². The van der Waals surface area contributed by atoms with E-state index in [-0.39, 0.29) is 10.6 Å². The Bertz CT molecular complexity index is 1140. The van der Waals surface area contributed by atoms with Gasteiger partial charge >= 0.3 is 5.97 Å². The number of benzene rings is 2. The molecule has 1 atom stereocenters. The van der Waals surface area contributed by atoms with E-state index in [1.807, 2.05) is 30.3 Å². The van der Waals surface area contributed by atoms with Crippen LogP contribution in [-0.4, -0.2) is 41.4 Å². The third-order valence-electron chi connectivity index (χ3n) is 4.04. The fourth-order valence-corrected chi connectivity index (χ4v) is 3.00. The molecule has 1 heterocycles. The number of carbonyl (C=O) groups excluding carboxylic acids is 2. The fourth-order valence-electron chi connectivity index (χ4n) is 2.49. The van der Waals surface area contributed by atoms with Gasteiger partial charge in [-0.1, -0.05) is 35.5 Å². The van der Waals surface area contributed by atoms with Gasteiger partial charge in [-0.2, -0.15) is 0 Å². The Balaban J connectivity index is 1.56. The number of hydrogen-bond acceptors (Lipinski definition) is 7.